The fourth-order valence-corrected chi connectivity index (χ4v) is 4.38. The van der Waals surface area contributed by atoms with Gasteiger partial charge in [-0.15, -0.1) is 5.10 Å². The molecule has 6 nitrogen and oxygen atoms in total. The number of rotatable bonds is 6. The molecule has 4 rings (SSSR count). The normalized spacial score (nSPS) is 11.2. The number of aromatic nitrogens is 4. The number of carbonyl (C=O) groups is 1. The van der Waals surface area contributed by atoms with Gasteiger partial charge in [-0.1, -0.05) is 41.6 Å². The molecule has 9 heteroatoms. The smallest absolute Gasteiger partial charge is 0.253 e. The summed E-state index contributed by atoms with van der Waals surface area (Å²) in [6.45, 7) is 7.84. The summed E-state index contributed by atoms with van der Waals surface area (Å²) in [5, 5.41) is 8.05. The number of carbonyl (C=O) groups excluding carboxylic acids is 1. The van der Waals surface area contributed by atoms with Gasteiger partial charge in [0.1, 0.15) is 5.82 Å². The van der Waals surface area contributed by atoms with Crippen molar-refractivity contribution in [1.29, 1.82) is 0 Å². The van der Waals surface area contributed by atoms with E-state index in [1.165, 1.54) is 17.8 Å². The van der Waals surface area contributed by atoms with Crippen LogP contribution in [-0.4, -0.2) is 31.2 Å². The van der Waals surface area contributed by atoms with E-state index in [9.17, 15) is 9.18 Å². The zero-order valence-electron chi connectivity index (χ0n) is 18.7. The van der Waals surface area contributed by atoms with E-state index < -0.39 is 5.82 Å². The van der Waals surface area contributed by atoms with Crippen molar-refractivity contribution in [2.24, 2.45) is 0 Å². The molecule has 0 saturated heterocycles. The molecule has 0 fully saturated rings. The molecule has 2 aromatic heterocycles. The summed E-state index contributed by atoms with van der Waals surface area (Å²) in [5.41, 5.74) is 6.53. The van der Waals surface area contributed by atoms with Crippen molar-refractivity contribution < 1.29 is 9.18 Å². The molecular weight excluding hydrogens is 461 g/mol. The Morgan fingerprint density at radius 1 is 1.15 bits per heavy atom. The van der Waals surface area contributed by atoms with Gasteiger partial charge in [0, 0.05) is 23.5 Å². The lowest BCUT2D eigenvalue weighted by atomic mass is 10.0. The Hall–Kier alpha value is -2.97. The highest BCUT2D eigenvalue weighted by atomic mass is 35.5. The van der Waals surface area contributed by atoms with E-state index in [1.807, 2.05) is 45.9 Å². The molecule has 4 aromatic rings. The fraction of sp³-hybridized carbons (Fsp3) is 0.250. The van der Waals surface area contributed by atoms with E-state index in [4.69, 9.17) is 11.6 Å². The zero-order chi connectivity index (χ0) is 23.7. The van der Waals surface area contributed by atoms with E-state index in [0.717, 1.165) is 39.3 Å². The Balaban J connectivity index is 1.50. The molecular formula is C24H23ClFN5OS. The second kappa shape index (κ2) is 9.49. The molecule has 0 bridgehead atoms. The number of fused-ring (bicyclic) bond motifs is 1. The molecule has 2 aromatic carbocycles. The number of hydrogen-bond acceptors (Lipinski definition) is 5. The van der Waals surface area contributed by atoms with Gasteiger partial charge in [-0.2, -0.15) is 4.98 Å². The maximum Gasteiger partial charge on any atom is 0.253 e. The molecule has 0 aliphatic rings. The van der Waals surface area contributed by atoms with E-state index >= 15 is 0 Å². The lowest BCUT2D eigenvalue weighted by molar-refractivity contribution is -0.113. The van der Waals surface area contributed by atoms with Crippen LogP contribution in [0.15, 0.2) is 41.6 Å². The van der Waals surface area contributed by atoms with Crippen molar-refractivity contribution in [2.75, 3.05) is 11.1 Å². The summed E-state index contributed by atoms with van der Waals surface area (Å²) < 4.78 is 15.2. The first kappa shape index (κ1) is 23.2. The summed E-state index contributed by atoms with van der Waals surface area (Å²) in [6.07, 6.45) is 0.543. The van der Waals surface area contributed by atoms with Gasteiger partial charge in [0.25, 0.3) is 5.78 Å². The highest BCUT2D eigenvalue weighted by Crippen LogP contribution is 2.24. The Bertz CT molecular complexity index is 1370. The fourth-order valence-electron chi connectivity index (χ4n) is 3.56. The second-order valence-corrected chi connectivity index (χ2v) is 9.23. The van der Waals surface area contributed by atoms with Crippen LogP contribution in [0.4, 0.5) is 10.1 Å². The summed E-state index contributed by atoms with van der Waals surface area (Å²) in [5.74, 6) is 0.0936. The topological polar surface area (TPSA) is 72.2 Å². The number of anilines is 1. The first-order chi connectivity index (χ1) is 15.7. The van der Waals surface area contributed by atoms with Crippen LogP contribution in [0.1, 0.15) is 33.6 Å². The molecule has 0 spiro atoms. The van der Waals surface area contributed by atoms with Crippen LogP contribution in [0, 0.1) is 33.5 Å². The van der Waals surface area contributed by atoms with Crippen molar-refractivity contribution >= 4 is 40.7 Å². The molecule has 2 heterocycles. The third-order valence-electron chi connectivity index (χ3n) is 5.61. The molecule has 0 aliphatic heterocycles. The van der Waals surface area contributed by atoms with Crippen LogP contribution in [0.5, 0.6) is 0 Å². The van der Waals surface area contributed by atoms with Crippen molar-refractivity contribution in [1.82, 2.24) is 19.6 Å². The molecule has 0 saturated carbocycles. The highest BCUT2D eigenvalue weighted by Gasteiger charge is 2.16. The Labute approximate surface area is 200 Å². The first-order valence-electron chi connectivity index (χ1n) is 10.4. The zero-order valence-corrected chi connectivity index (χ0v) is 20.3. The monoisotopic (exact) mass is 483 g/mol. The number of hydrogen-bond donors (Lipinski definition) is 1. The quantitative estimate of drug-likeness (QED) is 0.368. The molecule has 1 N–H and O–H groups in total. The van der Waals surface area contributed by atoms with Crippen LogP contribution >= 0.6 is 23.4 Å². The van der Waals surface area contributed by atoms with E-state index in [2.05, 4.69) is 20.4 Å². The third kappa shape index (κ3) is 5.02. The molecule has 33 heavy (non-hydrogen) atoms. The minimum atomic E-state index is -0.443. The minimum Gasteiger partial charge on any atom is -0.325 e. The van der Waals surface area contributed by atoms with Crippen LogP contribution in [0.2, 0.25) is 5.02 Å². The van der Waals surface area contributed by atoms with Gasteiger partial charge in [0.15, 0.2) is 0 Å². The second-order valence-electron chi connectivity index (χ2n) is 7.88. The van der Waals surface area contributed by atoms with Gasteiger partial charge in [0.2, 0.25) is 11.1 Å². The summed E-state index contributed by atoms with van der Waals surface area (Å²) in [6, 6.07) is 10.5. The highest BCUT2D eigenvalue weighted by molar-refractivity contribution is 7.99. The lowest BCUT2D eigenvalue weighted by Crippen LogP contribution is -2.15. The SMILES string of the molecule is Cc1cccc(NC(=O)CSc2nc3nc(C)c(Cc4ccc(F)c(Cl)c4)c(C)n3n2)c1C. The van der Waals surface area contributed by atoms with Crippen LogP contribution in [0.3, 0.4) is 0 Å². The summed E-state index contributed by atoms with van der Waals surface area (Å²) >= 11 is 7.19. The summed E-state index contributed by atoms with van der Waals surface area (Å²) in [4.78, 5) is 21.5. The molecule has 0 aliphatic carbocycles. The van der Waals surface area contributed by atoms with E-state index in [1.54, 1.807) is 16.6 Å². The molecule has 0 atom stereocenters. The van der Waals surface area contributed by atoms with Gasteiger partial charge in [0.05, 0.1) is 10.8 Å². The maximum absolute atomic E-state index is 13.5. The van der Waals surface area contributed by atoms with Gasteiger partial charge < -0.3 is 5.32 Å². The predicted octanol–water partition coefficient (Wildman–Crippen LogP) is 5.47. The maximum atomic E-state index is 13.5. The van der Waals surface area contributed by atoms with Gasteiger partial charge in [-0.05, 0) is 68.1 Å². The first-order valence-corrected chi connectivity index (χ1v) is 11.7. The van der Waals surface area contributed by atoms with Crippen LogP contribution < -0.4 is 5.32 Å². The van der Waals surface area contributed by atoms with Crippen molar-refractivity contribution in [3.63, 3.8) is 0 Å². The number of halogens is 2. The third-order valence-corrected chi connectivity index (χ3v) is 6.73. The number of nitrogens with one attached hydrogen (secondary N) is 1. The Morgan fingerprint density at radius 2 is 1.94 bits per heavy atom. The Morgan fingerprint density at radius 3 is 2.70 bits per heavy atom. The number of amides is 1. The van der Waals surface area contributed by atoms with Gasteiger partial charge in [-0.25, -0.2) is 13.9 Å². The number of nitrogens with zero attached hydrogens (tertiary/aromatic N) is 4. The van der Waals surface area contributed by atoms with E-state index in [-0.39, 0.29) is 16.7 Å². The van der Waals surface area contributed by atoms with E-state index in [0.29, 0.717) is 17.4 Å². The van der Waals surface area contributed by atoms with Crippen molar-refractivity contribution in [2.45, 2.75) is 39.3 Å². The predicted molar refractivity (Wildman–Crippen MR) is 130 cm³/mol. The largest absolute Gasteiger partial charge is 0.325 e. The average molecular weight is 484 g/mol. The van der Waals surface area contributed by atoms with Crippen molar-refractivity contribution in [3.05, 3.63) is 80.9 Å². The molecule has 170 valence electrons. The summed E-state index contributed by atoms with van der Waals surface area (Å²) in [7, 11) is 0. The Kier molecular flexibility index (Phi) is 6.67. The number of thioether (sulfide) groups is 1. The van der Waals surface area contributed by atoms with Gasteiger partial charge >= 0.3 is 0 Å². The van der Waals surface area contributed by atoms with Gasteiger partial charge in [-0.3, -0.25) is 4.79 Å². The lowest BCUT2D eigenvalue weighted by Gasteiger charge is -2.10. The standard InChI is InChI=1S/C24H23ClFN5OS/c1-13-6-5-7-21(14(13)2)28-22(32)12-33-24-29-23-27-15(3)18(16(4)31(23)30-24)10-17-8-9-20(26)19(25)11-17/h5-9,11H,10,12H2,1-4H3,(H,28,32). The number of benzene rings is 2. The molecule has 0 unspecified atom stereocenters. The van der Waals surface area contributed by atoms with Crippen LogP contribution in [-0.2, 0) is 11.2 Å². The average Bonchev–Trinajstić information content (AvgIpc) is 3.18. The van der Waals surface area contributed by atoms with Crippen molar-refractivity contribution in [3.8, 4) is 0 Å². The minimum absolute atomic E-state index is 0.0930. The molecule has 0 radical (unpaired) electrons. The number of aryl methyl sites for hydroxylation is 3. The van der Waals surface area contributed by atoms with Crippen LogP contribution in [0.25, 0.3) is 5.78 Å². The molecule has 1 amide bonds.